The number of rotatable bonds is 7. The van der Waals surface area contributed by atoms with Gasteiger partial charge in [-0.25, -0.2) is 19.8 Å². The van der Waals surface area contributed by atoms with Crippen molar-refractivity contribution in [2.24, 2.45) is 0 Å². The number of carbonyl (C=O) groups excluding carboxylic acids is 3. The van der Waals surface area contributed by atoms with E-state index in [2.05, 4.69) is 22.2 Å². The number of hydrazine groups is 1. The highest BCUT2D eigenvalue weighted by atomic mass is 16.3. The van der Waals surface area contributed by atoms with Crippen LogP contribution in [0.3, 0.4) is 0 Å². The maximum Gasteiger partial charge on any atom is 0.334 e. The zero-order chi connectivity index (χ0) is 32.4. The van der Waals surface area contributed by atoms with E-state index in [0.717, 1.165) is 48.7 Å². The molecule has 0 radical (unpaired) electrons. The van der Waals surface area contributed by atoms with E-state index in [4.69, 9.17) is 4.98 Å². The lowest BCUT2D eigenvalue weighted by Gasteiger charge is -2.54. The molecule has 3 aliphatic heterocycles. The molecule has 3 atom stereocenters. The van der Waals surface area contributed by atoms with Crippen LogP contribution in [0.1, 0.15) is 29.7 Å². The molecule has 0 saturated carbocycles. The number of anilines is 1. The highest BCUT2D eigenvalue weighted by Crippen LogP contribution is 2.31. The zero-order valence-corrected chi connectivity index (χ0v) is 26.6. The summed E-state index contributed by atoms with van der Waals surface area (Å²) in [4.78, 5) is 54.6. The quantitative estimate of drug-likeness (QED) is 0.411. The van der Waals surface area contributed by atoms with E-state index < -0.39 is 12.2 Å². The Morgan fingerprint density at radius 3 is 2.41 bits per heavy atom. The molecule has 3 aromatic rings. The smallest absolute Gasteiger partial charge is 0.334 e. The van der Waals surface area contributed by atoms with Crippen molar-refractivity contribution in [1.29, 1.82) is 0 Å². The Hall–Kier alpha value is -4.68. The first-order valence-electron chi connectivity index (χ1n) is 15.8. The number of urea groups is 1. The summed E-state index contributed by atoms with van der Waals surface area (Å²) >= 11 is 0. The number of amides is 4. The minimum Gasteiger partial charge on any atom is -0.508 e. The van der Waals surface area contributed by atoms with Crippen molar-refractivity contribution in [2.75, 3.05) is 58.3 Å². The Morgan fingerprint density at radius 2 is 1.70 bits per heavy atom. The number of phenolic OH excluding ortho intramolecular Hbond substituents is 1. The average molecular weight is 627 g/mol. The van der Waals surface area contributed by atoms with E-state index >= 15 is 0 Å². The molecule has 4 amide bonds. The fraction of sp³-hybridized carbons (Fsp3) is 0.412. The molecule has 0 spiro atoms. The van der Waals surface area contributed by atoms with Gasteiger partial charge < -0.3 is 30.0 Å². The first-order valence-corrected chi connectivity index (χ1v) is 15.8. The number of carbonyl (C=O) groups is 3. The molecular weight excluding hydrogens is 584 g/mol. The summed E-state index contributed by atoms with van der Waals surface area (Å²) in [5, 5.41) is 16.2. The molecule has 0 aliphatic carbocycles. The number of hydrogen-bond acceptors (Lipinski definition) is 8. The number of pyridine rings is 1. The summed E-state index contributed by atoms with van der Waals surface area (Å²) in [7, 11) is 3.83. The Labute approximate surface area is 269 Å². The molecular formula is C34H42N8O4. The van der Waals surface area contributed by atoms with Crippen LogP contribution in [0.2, 0.25) is 0 Å². The number of phenols is 1. The number of likely N-dealkylation sites (N-methyl/N-ethyl adjacent to an activating group) is 2. The molecule has 3 saturated heterocycles. The zero-order valence-electron chi connectivity index (χ0n) is 26.6. The summed E-state index contributed by atoms with van der Waals surface area (Å²) in [6.45, 7) is 5.83. The van der Waals surface area contributed by atoms with Gasteiger partial charge in [-0.05, 0) is 43.3 Å². The molecule has 4 heterocycles. The molecule has 2 N–H and O–H groups in total. The lowest BCUT2D eigenvalue weighted by Crippen LogP contribution is -2.76. The summed E-state index contributed by atoms with van der Waals surface area (Å²) in [6, 6.07) is 18.8. The van der Waals surface area contributed by atoms with Crippen LogP contribution in [-0.4, -0.2) is 118 Å². The molecule has 12 heteroatoms. The van der Waals surface area contributed by atoms with Crippen molar-refractivity contribution < 1.29 is 19.5 Å². The number of benzene rings is 2. The van der Waals surface area contributed by atoms with Crippen LogP contribution in [0.25, 0.3) is 0 Å². The Morgan fingerprint density at radius 1 is 0.978 bits per heavy atom. The van der Waals surface area contributed by atoms with Crippen LogP contribution in [0.5, 0.6) is 5.75 Å². The van der Waals surface area contributed by atoms with E-state index in [-0.39, 0.29) is 49.1 Å². The van der Waals surface area contributed by atoms with E-state index in [9.17, 15) is 19.5 Å². The van der Waals surface area contributed by atoms with Gasteiger partial charge in [0.25, 0.3) is 0 Å². The van der Waals surface area contributed by atoms with Gasteiger partial charge in [0.15, 0.2) is 0 Å². The molecule has 3 fully saturated rings. The lowest BCUT2D eigenvalue weighted by molar-refractivity contribution is -0.187. The fourth-order valence-corrected chi connectivity index (χ4v) is 6.64. The SMILES string of the molecule is C[C@@H](NC(=O)N1C2CN(Cc3cccnc3N3CCN(C)CC3)C(=O)[C@H](Cc3ccc(O)cc3)N2C(=O)CN1C)c1ccccc1. The number of piperazine rings is 2. The number of nitrogens with one attached hydrogen (secondary N) is 1. The molecule has 2 aromatic carbocycles. The number of aromatic hydroxyl groups is 1. The molecule has 242 valence electrons. The van der Waals surface area contributed by atoms with Crippen molar-refractivity contribution in [1.82, 2.24) is 35.0 Å². The van der Waals surface area contributed by atoms with E-state index in [1.54, 1.807) is 57.3 Å². The fourth-order valence-electron chi connectivity index (χ4n) is 6.64. The highest BCUT2D eigenvalue weighted by Gasteiger charge is 2.51. The third-order valence-corrected chi connectivity index (χ3v) is 9.18. The van der Waals surface area contributed by atoms with Gasteiger partial charge in [0.05, 0.1) is 19.1 Å². The van der Waals surface area contributed by atoms with Crippen molar-refractivity contribution in [2.45, 2.75) is 38.1 Å². The van der Waals surface area contributed by atoms with Crippen LogP contribution in [0.4, 0.5) is 10.6 Å². The number of hydrogen-bond donors (Lipinski definition) is 2. The van der Waals surface area contributed by atoms with Crippen molar-refractivity contribution >= 4 is 23.7 Å². The molecule has 6 rings (SSSR count). The van der Waals surface area contributed by atoms with Gasteiger partial charge in [0.2, 0.25) is 11.8 Å². The highest BCUT2D eigenvalue weighted by molar-refractivity contribution is 5.91. The second-order valence-corrected chi connectivity index (χ2v) is 12.4. The van der Waals surface area contributed by atoms with Crippen LogP contribution in [0.15, 0.2) is 72.9 Å². The number of aromatic nitrogens is 1. The molecule has 1 aromatic heterocycles. The normalized spacial score (nSPS) is 21.7. The van der Waals surface area contributed by atoms with Gasteiger partial charge >= 0.3 is 6.03 Å². The van der Waals surface area contributed by atoms with Crippen LogP contribution < -0.4 is 10.2 Å². The Kier molecular flexibility index (Phi) is 9.09. The van der Waals surface area contributed by atoms with Crippen molar-refractivity contribution in [3.63, 3.8) is 0 Å². The second kappa shape index (κ2) is 13.4. The van der Waals surface area contributed by atoms with E-state index in [1.807, 2.05) is 49.4 Å². The maximum absolute atomic E-state index is 14.4. The van der Waals surface area contributed by atoms with Gasteiger partial charge in [-0.3, -0.25) is 9.59 Å². The lowest BCUT2D eigenvalue weighted by atomic mass is 9.98. The van der Waals surface area contributed by atoms with Gasteiger partial charge in [-0.2, -0.15) is 0 Å². The molecule has 12 nitrogen and oxygen atoms in total. The van der Waals surface area contributed by atoms with Crippen LogP contribution in [-0.2, 0) is 22.6 Å². The Balaban J connectivity index is 1.32. The van der Waals surface area contributed by atoms with Crippen molar-refractivity contribution in [3.8, 4) is 5.75 Å². The van der Waals surface area contributed by atoms with E-state index in [1.165, 1.54) is 0 Å². The maximum atomic E-state index is 14.4. The second-order valence-electron chi connectivity index (χ2n) is 12.4. The van der Waals surface area contributed by atoms with E-state index in [0.29, 0.717) is 6.54 Å². The average Bonchev–Trinajstić information content (AvgIpc) is 3.05. The minimum absolute atomic E-state index is 0.0425. The van der Waals surface area contributed by atoms with Crippen LogP contribution in [0, 0.1) is 0 Å². The largest absolute Gasteiger partial charge is 0.508 e. The summed E-state index contributed by atoms with van der Waals surface area (Å²) in [6.07, 6.45) is 1.30. The van der Waals surface area contributed by atoms with Gasteiger partial charge in [0, 0.05) is 58.0 Å². The molecule has 46 heavy (non-hydrogen) atoms. The summed E-state index contributed by atoms with van der Waals surface area (Å²) in [5.41, 5.74) is 2.68. The predicted octanol–water partition coefficient (Wildman–Crippen LogP) is 2.28. The van der Waals surface area contributed by atoms with Crippen molar-refractivity contribution in [3.05, 3.63) is 89.6 Å². The third-order valence-electron chi connectivity index (χ3n) is 9.18. The number of nitrogens with zero attached hydrogens (tertiary/aromatic N) is 7. The summed E-state index contributed by atoms with van der Waals surface area (Å²) < 4.78 is 0. The first-order chi connectivity index (χ1) is 22.2. The topological polar surface area (TPSA) is 116 Å². The number of fused-ring (bicyclic) bond motifs is 1. The van der Waals surface area contributed by atoms with Crippen LogP contribution >= 0.6 is 0 Å². The monoisotopic (exact) mass is 626 g/mol. The van der Waals surface area contributed by atoms with Gasteiger partial charge in [-0.1, -0.05) is 48.5 Å². The molecule has 0 bridgehead atoms. The summed E-state index contributed by atoms with van der Waals surface area (Å²) in [5.74, 6) is 0.568. The first kappa shape index (κ1) is 31.3. The molecule has 3 aliphatic rings. The minimum atomic E-state index is -0.838. The molecule has 1 unspecified atom stereocenters. The standard InChI is InChI=1S/C34H42N8O4/c1-24(26-8-5-4-6-9-26)36-34(46)42-30-22-40(21-27-10-7-15-35-32(27)39-18-16-37(2)17-19-39)33(45)29(41(30)31(44)23-38(42)3)20-25-11-13-28(43)14-12-25/h4-15,24,29-30,43H,16-23H2,1-3H3,(H,36,46)/t24-,29+,30?/m1/s1. The van der Waals surface area contributed by atoms with Gasteiger partial charge in [0.1, 0.15) is 23.8 Å². The third kappa shape index (κ3) is 6.49. The Bertz CT molecular complexity index is 1550. The predicted molar refractivity (Wildman–Crippen MR) is 173 cm³/mol. The van der Waals surface area contributed by atoms with Gasteiger partial charge in [-0.15, -0.1) is 0 Å².